The van der Waals surface area contributed by atoms with Crippen molar-refractivity contribution >= 4 is 29.0 Å². The largest absolute Gasteiger partial charge is 0.508 e. The van der Waals surface area contributed by atoms with Crippen LogP contribution in [0.1, 0.15) is 10.4 Å². The number of rotatable bonds is 4. The zero-order valence-corrected chi connectivity index (χ0v) is 10.4. The summed E-state index contributed by atoms with van der Waals surface area (Å²) in [5, 5.41) is 0.0686. The maximum Gasteiger partial charge on any atom is 0.508 e. The van der Waals surface area contributed by atoms with Crippen molar-refractivity contribution in [3.8, 4) is 11.5 Å². The lowest BCUT2D eigenvalue weighted by Gasteiger charge is -2.12. The van der Waals surface area contributed by atoms with Crippen molar-refractivity contribution in [2.75, 3.05) is 7.11 Å². The minimum Gasteiger partial charge on any atom is -0.493 e. The van der Waals surface area contributed by atoms with Crippen molar-refractivity contribution in [1.82, 2.24) is 0 Å². The lowest BCUT2D eigenvalue weighted by Crippen LogP contribution is -2.21. The van der Waals surface area contributed by atoms with Gasteiger partial charge in [0.15, 0.2) is 17.8 Å². The molecule has 0 aliphatic rings. The molecule has 0 heterocycles. The molecule has 0 saturated heterocycles. The Labute approximate surface area is 107 Å². The van der Waals surface area contributed by atoms with Gasteiger partial charge in [-0.2, -0.15) is 13.2 Å². The highest BCUT2D eigenvalue weighted by molar-refractivity contribution is 7.81. The molecule has 0 spiro atoms. The third-order valence-corrected chi connectivity index (χ3v) is 2.66. The fourth-order valence-corrected chi connectivity index (χ4v) is 1.68. The normalized spacial score (nSPS) is 12.9. The molecule has 1 unspecified atom stereocenters. The number of ether oxygens (including phenoxy) is 1. The van der Waals surface area contributed by atoms with Crippen molar-refractivity contribution in [3.63, 3.8) is 0 Å². The molecule has 9 heteroatoms. The maximum atomic E-state index is 12.1. The molecule has 1 atom stereocenters. The molecule has 1 aromatic carbocycles. The summed E-state index contributed by atoms with van der Waals surface area (Å²) in [7, 11) is 1.14. The fourth-order valence-electron chi connectivity index (χ4n) is 1.04. The summed E-state index contributed by atoms with van der Waals surface area (Å²) in [5.74, 6) is -0.797. The van der Waals surface area contributed by atoms with Crippen LogP contribution >= 0.6 is 11.6 Å². The van der Waals surface area contributed by atoms with Gasteiger partial charge < -0.3 is 8.92 Å². The number of aldehydes is 1. The highest BCUT2D eigenvalue weighted by Crippen LogP contribution is 2.36. The van der Waals surface area contributed by atoms with E-state index in [1.165, 1.54) is 0 Å². The molecule has 0 fully saturated rings. The Morgan fingerprint density at radius 2 is 2.00 bits per heavy atom. The molecular formula is C9H6ClF3O4S. The minimum absolute atomic E-state index is 0.0686. The summed E-state index contributed by atoms with van der Waals surface area (Å²) in [5.41, 5.74) is -5.36. The second-order valence-corrected chi connectivity index (χ2v) is 4.44. The van der Waals surface area contributed by atoms with Gasteiger partial charge in [0.2, 0.25) is 0 Å². The Hall–Kier alpha value is -1.28. The molecule has 0 radical (unpaired) electrons. The molecule has 4 nitrogen and oxygen atoms in total. The van der Waals surface area contributed by atoms with E-state index in [4.69, 9.17) is 16.3 Å². The van der Waals surface area contributed by atoms with E-state index in [-0.39, 0.29) is 22.6 Å². The highest BCUT2D eigenvalue weighted by Gasteiger charge is 2.40. The summed E-state index contributed by atoms with van der Waals surface area (Å²) in [6, 6.07) is 2.21. The Bertz CT molecular complexity index is 489. The van der Waals surface area contributed by atoms with Gasteiger partial charge in [0, 0.05) is 11.1 Å². The monoisotopic (exact) mass is 302 g/mol. The Morgan fingerprint density at radius 3 is 2.44 bits per heavy atom. The Balaban J connectivity index is 3.22. The van der Waals surface area contributed by atoms with E-state index in [0.717, 1.165) is 19.2 Å². The summed E-state index contributed by atoms with van der Waals surface area (Å²) in [6.45, 7) is 0. The average molecular weight is 303 g/mol. The van der Waals surface area contributed by atoms with Gasteiger partial charge in [-0.1, -0.05) is 11.6 Å². The van der Waals surface area contributed by atoms with Gasteiger partial charge in [-0.05, 0) is 6.07 Å². The van der Waals surface area contributed by atoms with Crippen molar-refractivity contribution in [3.05, 3.63) is 22.7 Å². The molecule has 0 aliphatic carbocycles. The summed E-state index contributed by atoms with van der Waals surface area (Å²) in [6.07, 6.45) is 0.220. The predicted octanol–water partition coefficient (Wildman–Crippen LogP) is 2.72. The second-order valence-electron chi connectivity index (χ2n) is 2.91. The molecule has 0 N–H and O–H groups in total. The third kappa shape index (κ3) is 3.36. The summed E-state index contributed by atoms with van der Waals surface area (Å²) in [4.78, 5) is 10.7. The number of benzene rings is 1. The van der Waals surface area contributed by atoms with Gasteiger partial charge in [-0.3, -0.25) is 4.79 Å². The first-order valence-electron chi connectivity index (χ1n) is 4.29. The van der Waals surface area contributed by atoms with Crippen molar-refractivity contribution in [2.24, 2.45) is 0 Å². The van der Waals surface area contributed by atoms with Gasteiger partial charge in [0.25, 0.3) is 0 Å². The summed E-state index contributed by atoms with van der Waals surface area (Å²) >= 11 is 2.01. The molecular weight excluding hydrogens is 297 g/mol. The van der Waals surface area contributed by atoms with E-state index >= 15 is 0 Å². The molecule has 1 rings (SSSR count). The Morgan fingerprint density at radius 1 is 1.39 bits per heavy atom. The molecule has 0 saturated carbocycles. The van der Waals surface area contributed by atoms with Gasteiger partial charge >= 0.3 is 16.6 Å². The standard InChI is InChI=1S/C9H6ClF3O4S/c1-16-7-3-6(10)2-5(4-14)8(7)17-18(15)9(11,12)13/h2-4H,1H3. The molecule has 18 heavy (non-hydrogen) atoms. The quantitative estimate of drug-likeness (QED) is 0.803. The lowest BCUT2D eigenvalue weighted by molar-refractivity contribution is -0.0438. The first kappa shape index (κ1) is 14.8. The number of methoxy groups -OCH3 is 1. The number of carbonyl (C=O) groups is 1. The van der Waals surface area contributed by atoms with Crippen LogP contribution in [0.3, 0.4) is 0 Å². The van der Waals surface area contributed by atoms with E-state index in [1.807, 2.05) is 0 Å². The van der Waals surface area contributed by atoms with Crippen molar-refractivity contribution in [1.29, 1.82) is 0 Å². The van der Waals surface area contributed by atoms with Crippen LogP contribution in [0, 0.1) is 0 Å². The molecule has 100 valence electrons. The number of carbonyl (C=O) groups excluding carboxylic acids is 1. The van der Waals surface area contributed by atoms with Crippen LogP contribution in [0.25, 0.3) is 0 Å². The Kier molecular flexibility index (Phi) is 4.58. The minimum atomic E-state index is -5.06. The van der Waals surface area contributed by atoms with Gasteiger partial charge in [0.05, 0.1) is 12.7 Å². The van der Waals surface area contributed by atoms with Crippen LogP contribution in [0.15, 0.2) is 12.1 Å². The van der Waals surface area contributed by atoms with Gasteiger partial charge in [0.1, 0.15) is 0 Å². The second kappa shape index (κ2) is 5.57. The number of halogens is 4. The third-order valence-electron chi connectivity index (χ3n) is 1.74. The lowest BCUT2D eigenvalue weighted by atomic mass is 10.2. The van der Waals surface area contributed by atoms with Crippen LogP contribution in [0.4, 0.5) is 13.2 Å². The SMILES string of the molecule is COc1cc(Cl)cc(C=O)c1OS(=O)C(F)(F)F. The highest BCUT2D eigenvalue weighted by atomic mass is 35.5. The van der Waals surface area contributed by atoms with Crippen molar-refractivity contribution < 1.29 is 31.1 Å². The molecule has 0 amide bonds. The zero-order valence-electron chi connectivity index (χ0n) is 8.79. The van der Waals surface area contributed by atoms with E-state index in [2.05, 4.69) is 4.18 Å². The van der Waals surface area contributed by atoms with Crippen molar-refractivity contribution in [2.45, 2.75) is 5.51 Å². The smallest absolute Gasteiger partial charge is 0.493 e. The van der Waals surface area contributed by atoms with Crippen LogP contribution in [0.5, 0.6) is 11.5 Å². The van der Waals surface area contributed by atoms with Crippen LogP contribution in [-0.4, -0.2) is 23.1 Å². The van der Waals surface area contributed by atoms with E-state index in [9.17, 15) is 22.2 Å². The van der Waals surface area contributed by atoms with Gasteiger partial charge in [-0.15, -0.1) is 0 Å². The maximum absolute atomic E-state index is 12.1. The molecule has 0 bridgehead atoms. The molecule has 0 aromatic heterocycles. The number of alkyl halides is 3. The molecule has 1 aromatic rings. The molecule has 0 aliphatic heterocycles. The average Bonchev–Trinajstić information content (AvgIpc) is 2.29. The van der Waals surface area contributed by atoms with Gasteiger partial charge in [-0.25, -0.2) is 4.21 Å². The van der Waals surface area contributed by atoms with Crippen LogP contribution in [0.2, 0.25) is 5.02 Å². The van der Waals surface area contributed by atoms with E-state index in [1.54, 1.807) is 0 Å². The van der Waals surface area contributed by atoms with E-state index < -0.39 is 22.3 Å². The zero-order chi connectivity index (χ0) is 13.9. The fraction of sp³-hybridized carbons (Fsp3) is 0.222. The summed E-state index contributed by atoms with van der Waals surface area (Å²) < 4.78 is 56.1. The predicted molar refractivity (Wildman–Crippen MR) is 58.2 cm³/mol. The van der Waals surface area contributed by atoms with Crippen LogP contribution < -0.4 is 8.92 Å². The number of hydrogen-bond donors (Lipinski definition) is 0. The number of hydrogen-bond acceptors (Lipinski definition) is 4. The van der Waals surface area contributed by atoms with E-state index in [0.29, 0.717) is 0 Å². The van der Waals surface area contributed by atoms with Crippen LogP contribution in [-0.2, 0) is 11.1 Å². The first-order chi connectivity index (χ1) is 8.29. The first-order valence-corrected chi connectivity index (χ1v) is 5.74. The topological polar surface area (TPSA) is 52.6 Å².